The van der Waals surface area contributed by atoms with Crippen LogP contribution in [-0.4, -0.2) is 33.0 Å². The van der Waals surface area contributed by atoms with Crippen LogP contribution in [0.25, 0.3) is 11.4 Å². The lowest BCUT2D eigenvalue weighted by molar-refractivity contribution is -0.115. The van der Waals surface area contributed by atoms with E-state index in [2.05, 4.69) is 28.5 Å². The lowest BCUT2D eigenvalue weighted by Crippen LogP contribution is -2.12. The van der Waals surface area contributed by atoms with E-state index in [1.807, 2.05) is 61.0 Å². The number of hydrogen-bond donors (Lipinski definition) is 1. The van der Waals surface area contributed by atoms with E-state index in [-0.39, 0.29) is 5.91 Å². The smallest absolute Gasteiger partial charge is 0.225 e. The van der Waals surface area contributed by atoms with Crippen LogP contribution in [0, 0.1) is 6.92 Å². The molecule has 146 valence electrons. The lowest BCUT2D eigenvalue weighted by atomic mass is 10.1. The van der Waals surface area contributed by atoms with Crippen molar-refractivity contribution in [3.05, 3.63) is 54.1 Å². The molecule has 1 amide bonds. The summed E-state index contributed by atoms with van der Waals surface area (Å²) in [5.74, 6) is 2.22. The van der Waals surface area contributed by atoms with Crippen LogP contribution in [-0.2, 0) is 11.8 Å². The summed E-state index contributed by atoms with van der Waals surface area (Å²) in [6, 6.07) is 15.5. The largest absolute Gasteiger partial charge is 0.494 e. The van der Waals surface area contributed by atoms with E-state index in [0.29, 0.717) is 18.8 Å². The Morgan fingerprint density at radius 3 is 2.61 bits per heavy atom. The summed E-state index contributed by atoms with van der Waals surface area (Å²) in [7, 11) is 1.95. The van der Waals surface area contributed by atoms with E-state index < -0.39 is 0 Å². The summed E-state index contributed by atoms with van der Waals surface area (Å²) in [5.41, 5.74) is 2.99. The molecule has 0 unspecified atom stereocenters. The van der Waals surface area contributed by atoms with Crippen LogP contribution in [0.2, 0.25) is 0 Å². The zero-order valence-electron chi connectivity index (χ0n) is 16.3. The van der Waals surface area contributed by atoms with E-state index in [1.54, 1.807) is 0 Å². The van der Waals surface area contributed by atoms with Crippen molar-refractivity contribution >= 4 is 23.4 Å². The SMILES string of the molecule is CCOc1ccc(NC(=O)CCSc2nnc(-c3ccccc3C)n2C)cc1. The number of nitrogens with zero attached hydrogens (tertiary/aromatic N) is 3. The van der Waals surface area contributed by atoms with Crippen molar-refractivity contribution in [1.29, 1.82) is 0 Å². The van der Waals surface area contributed by atoms with E-state index in [1.165, 1.54) is 11.8 Å². The third-order valence-electron chi connectivity index (χ3n) is 4.23. The van der Waals surface area contributed by atoms with Gasteiger partial charge in [-0.3, -0.25) is 4.79 Å². The fourth-order valence-corrected chi connectivity index (χ4v) is 3.61. The van der Waals surface area contributed by atoms with Crippen molar-refractivity contribution in [2.45, 2.75) is 25.4 Å². The molecule has 0 spiro atoms. The minimum atomic E-state index is -0.0297. The number of aryl methyl sites for hydroxylation is 1. The Labute approximate surface area is 169 Å². The minimum Gasteiger partial charge on any atom is -0.494 e. The molecule has 6 nitrogen and oxygen atoms in total. The van der Waals surface area contributed by atoms with Gasteiger partial charge in [-0.1, -0.05) is 36.0 Å². The number of rotatable bonds is 8. The minimum absolute atomic E-state index is 0.0297. The van der Waals surface area contributed by atoms with Gasteiger partial charge in [-0.05, 0) is 43.7 Å². The molecule has 3 rings (SSSR count). The highest BCUT2D eigenvalue weighted by Gasteiger charge is 2.13. The van der Waals surface area contributed by atoms with Crippen molar-refractivity contribution in [1.82, 2.24) is 14.8 Å². The van der Waals surface area contributed by atoms with Gasteiger partial charge >= 0.3 is 0 Å². The van der Waals surface area contributed by atoms with E-state index in [0.717, 1.165) is 33.5 Å². The zero-order chi connectivity index (χ0) is 19.9. The second kappa shape index (κ2) is 9.41. The van der Waals surface area contributed by atoms with Crippen molar-refractivity contribution in [3.8, 4) is 17.1 Å². The summed E-state index contributed by atoms with van der Waals surface area (Å²) < 4.78 is 7.37. The predicted molar refractivity (Wildman–Crippen MR) is 113 cm³/mol. The summed E-state index contributed by atoms with van der Waals surface area (Å²) in [6.07, 6.45) is 0.393. The van der Waals surface area contributed by atoms with Crippen LogP contribution >= 0.6 is 11.8 Å². The van der Waals surface area contributed by atoms with Gasteiger partial charge < -0.3 is 14.6 Å². The zero-order valence-corrected chi connectivity index (χ0v) is 17.1. The Morgan fingerprint density at radius 1 is 1.14 bits per heavy atom. The predicted octanol–water partition coefficient (Wildman–Crippen LogP) is 4.31. The highest BCUT2D eigenvalue weighted by molar-refractivity contribution is 7.99. The molecule has 0 bridgehead atoms. The monoisotopic (exact) mass is 396 g/mol. The maximum Gasteiger partial charge on any atom is 0.225 e. The molecule has 0 saturated heterocycles. The van der Waals surface area contributed by atoms with Gasteiger partial charge in [-0.2, -0.15) is 0 Å². The number of ether oxygens (including phenoxy) is 1. The first-order chi connectivity index (χ1) is 13.6. The fraction of sp³-hybridized carbons (Fsp3) is 0.286. The standard InChI is InChI=1S/C21H24N4O2S/c1-4-27-17-11-9-16(10-12-17)22-19(26)13-14-28-21-24-23-20(25(21)3)18-8-6-5-7-15(18)2/h5-12H,4,13-14H2,1-3H3,(H,22,26). The molecular formula is C21H24N4O2S. The van der Waals surface area contributed by atoms with Crippen molar-refractivity contribution < 1.29 is 9.53 Å². The first-order valence-corrected chi connectivity index (χ1v) is 10.2. The summed E-state index contributed by atoms with van der Waals surface area (Å²) in [6.45, 7) is 4.62. The third-order valence-corrected chi connectivity index (χ3v) is 5.25. The Kier molecular flexibility index (Phi) is 6.71. The molecular weight excluding hydrogens is 372 g/mol. The number of nitrogens with one attached hydrogen (secondary N) is 1. The summed E-state index contributed by atoms with van der Waals surface area (Å²) >= 11 is 1.52. The Bertz CT molecular complexity index is 938. The molecule has 1 heterocycles. The van der Waals surface area contributed by atoms with Crippen LogP contribution in [0.15, 0.2) is 53.7 Å². The van der Waals surface area contributed by atoms with Gasteiger partial charge in [0.25, 0.3) is 0 Å². The van der Waals surface area contributed by atoms with Gasteiger partial charge in [0.05, 0.1) is 6.61 Å². The van der Waals surface area contributed by atoms with Crippen molar-refractivity contribution in [2.24, 2.45) is 7.05 Å². The molecule has 0 saturated carbocycles. The Balaban J connectivity index is 1.52. The highest BCUT2D eigenvalue weighted by Crippen LogP contribution is 2.25. The van der Waals surface area contributed by atoms with E-state index in [9.17, 15) is 4.79 Å². The van der Waals surface area contributed by atoms with Crippen LogP contribution in [0.3, 0.4) is 0 Å². The topological polar surface area (TPSA) is 69.0 Å². The first-order valence-electron chi connectivity index (χ1n) is 9.19. The number of carbonyl (C=O) groups excluding carboxylic acids is 1. The molecule has 1 N–H and O–H groups in total. The molecule has 0 fully saturated rings. The summed E-state index contributed by atoms with van der Waals surface area (Å²) in [5, 5.41) is 12.3. The number of hydrogen-bond acceptors (Lipinski definition) is 5. The number of carbonyl (C=O) groups is 1. The number of anilines is 1. The van der Waals surface area contributed by atoms with Crippen molar-refractivity contribution in [3.63, 3.8) is 0 Å². The maximum absolute atomic E-state index is 12.2. The molecule has 2 aromatic carbocycles. The van der Waals surface area contributed by atoms with Crippen LogP contribution in [0.5, 0.6) is 5.75 Å². The molecule has 28 heavy (non-hydrogen) atoms. The molecule has 0 aliphatic carbocycles. The van der Waals surface area contributed by atoms with Gasteiger partial charge in [0.15, 0.2) is 11.0 Å². The first kappa shape index (κ1) is 19.9. The van der Waals surface area contributed by atoms with Gasteiger partial charge in [-0.25, -0.2) is 0 Å². The number of amides is 1. The van der Waals surface area contributed by atoms with Gasteiger partial charge in [0.2, 0.25) is 5.91 Å². The molecule has 0 aliphatic rings. The number of benzene rings is 2. The fourth-order valence-electron chi connectivity index (χ4n) is 2.76. The Hall–Kier alpha value is -2.80. The lowest BCUT2D eigenvalue weighted by Gasteiger charge is -2.08. The average molecular weight is 397 g/mol. The van der Waals surface area contributed by atoms with Gasteiger partial charge in [0.1, 0.15) is 5.75 Å². The highest BCUT2D eigenvalue weighted by atomic mass is 32.2. The van der Waals surface area contributed by atoms with Crippen LogP contribution in [0.4, 0.5) is 5.69 Å². The average Bonchev–Trinajstić information content (AvgIpc) is 3.04. The number of thioether (sulfide) groups is 1. The van der Waals surface area contributed by atoms with Crippen LogP contribution in [0.1, 0.15) is 18.9 Å². The van der Waals surface area contributed by atoms with Gasteiger partial charge in [-0.15, -0.1) is 10.2 Å². The molecule has 0 radical (unpaired) electrons. The van der Waals surface area contributed by atoms with Gasteiger partial charge in [0, 0.05) is 30.5 Å². The third kappa shape index (κ3) is 4.92. The second-order valence-electron chi connectivity index (χ2n) is 6.28. The quantitative estimate of drug-likeness (QED) is 0.575. The maximum atomic E-state index is 12.2. The second-order valence-corrected chi connectivity index (χ2v) is 7.35. The van der Waals surface area contributed by atoms with Crippen molar-refractivity contribution in [2.75, 3.05) is 17.7 Å². The molecule has 1 aromatic heterocycles. The molecule has 0 aliphatic heterocycles. The Morgan fingerprint density at radius 2 is 1.89 bits per heavy atom. The molecule has 3 aromatic rings. The normalized spacial score (nSPS) is 10.7. The van der Waals surface area contributed by atoms with E-state index >= 15 is 0 Å². The van der Waals surface area contributed by atoms with Crippen LogP contribution < -0.4 is 10.1 Å². The summed E-state index contributed by atoms with van der Waals surface area (Å²) in [4.78, 5) is 12.2. The van der Waals surface area contributed by atoms with E-state index in [4.69, 9.17) is 4.74 Å². The number of aromatic nitrogens is 3. The molecule has 0 atom stereocenters. The molecule has 7 heteroatoms.